The Morgan fingerprint density at radius 3 is 2.76 bits per heavy atom. The number of hydrogen-bond acceptors (Lipinski definition) is 7. The minimum absolute atomic E-state index is 0.0374. The van der Waals surface area contributed by atoms with Crippen LogP contribution in [0.4, 0.5) is 4.39 Å². The molecule has 0 aliphatic carbocycles. The molecule has 2 unspecified atom stereocenters. The molecule has 0 radical (unpaired) electrons. The predicted molar refractivity (Wildman–Crippen MR) is 123 cm³/mol. The lowest BCUT2D eigenvalue weighted by Crippen LogP contribution is -2.45. The van der Waals surface area contributed by atoms with Crippen molar-refractivity contribution in [3.05, 3.63) is 57.1 Å². The number of rotatable bonds is 5. The fourth-order valence-corrected chi connectivity index (χ4v) is 4.88. The number of nitrogens with zero attached hydrogens (tertiary/aromatic N) is 1. The van der Waals surface area contributed by atoms with E-state index < -0.39 is 11.6 Å². The number of aryl methyl sites for hydroxylation is 1. The van der Waals surface area contributed by atoms with E-state index >= 15 is 0 Å². The monoisotopic (exact) mass is 453 g/mol. The molecular weight excluding hydrogens is 425 g/mol. The number of nitrogens with one attached hydrogen (secondary N) is 1. The highest BCUT2D eigenvalue weighted by Gasteiger charge is 2.44. The normalized spacial score (nSPS) is 22.4. The predicted octanol–water partition coefficient (Wildman–Crippen LogP) is 2.90. The third-order valence-corrected chi connectivity index (χ3v) is 6.70. The number of carbonyl (C=O) groups is 2. The molecule has 174 valence electrons. The van der Waals surface area contributed by atoms with Gasteiger partial charge in [-0.15, -0.1) is 0 Å². The van der Waals surface area contributed by atoms with E-state index in [1.54, 1.807) is 19.9 Å². The molecule has 2 atom stereocenters. The summed E-state index contributed by atoms with van der Waals surface area (Å²) in [6.45, 7) is 7.48. The van der Waals surface area contributed by atoms with E-state index in [1.165, 1.54) is 6.07 Å². The van der Waals surface area contributed by atoms with Gasteiger partial charge in [-0.2, -0.15) is 0 Å². The van der Waals surface area contributed by atoms with E-state index in [0.717, 1.165) is 22.1 Å². The Kier molecular flexibility index (Phi) is 5.84. The van der Waals surface area contributed by atoms with E-state index in [1.807, 2.05) is 13.8 Å². The number of aromatic nitrogens is 1. The van der Waals surface area contributed by atoms with Gasteiger partial charge in [-0.1, -0.05) is 13.8 Å². The number of carbonyl (C=O) groups excluding carboxylic acids is 2. The maximum Gasteiger partial charge on any atom is 0.343 e. The lowest BCUT2D eigenvalue weighted by molar-refractivity contribution is -0.162. The Labute approximate surface area is 191 Å². The van der Waals surface area contributed by atoms with Gasteiger partial charge in [0.2, 0.25) is 0 Å². The van der Waals surface area contributed by atoms with Crippen LogP contribution in [0.1, 0.15) is 61.2 Å². The summed E-state index contributed by atoms with van der Waals surface area (Å²) < 4.78 is 19.7. The van der Waals surface area contributed by atoms with Gasteiger partial charge in [-0.3, -0.25) is 4.79 Å². The van der Waals surface area contributed by atoms with E-state index in [2.05, 4.69) is 5.32 Å². The molecule has 1 aromatic heterocycles. The van der Waals surface area contributed by atoms with Gasteiger partial charge in [0.15, 0.2) is 5.60 Å². The van der Waals surface area contributed by atoms with Gasteiger partial charge in [0.1, 0.15) is 18.7 Å². The van der Waals surface area contributed by atoms with Crippen molar-refractivity contribution in [2.75, 3.05) is 6.61 Å². The first-order valence-electron chi connectivity index (χ1n) is 11.1. The molecule has 2 aromatic rings. The molecule has 4 N–H and O–H groups in total. The Bertz CT molecular complexity index is 1250. The van der Waals surface area contributed by atoms with Gasteiger partial charge in [0, 0.05) is 40.7 Å². The number of cyclic esters (lactones) is 1. The summed E-state index contributed by atoms with van der Waals surface area (Å²) in [5.41, 5.74) is 9.66. The van der Waals surface area contributed by atoms with Crippen LogP contribution in [0.3, 0.4) is 0 Å². The molecule has 33 heavy (non-hydrogen) atoms. The molecule has 2 aliphatic heterocycles. The lowest BCUT2D eigenvalue weighted by Gasteiger charge is -2.31. The van der Waals surface area contributed by atoms with Crippen LogP contribution in [0.25, 0.3) is 16.6 Å². The van der Waals surface area contributed by atoms with Crippen LogP contribution in [-0.2, 0) is 27.3 Å². The average Bonchev–Trinajstić information content (AvgIpc) is 3.18. The molecule has 2 aliphatic rings. The van der Waals surface area contributed by atoms with Crippen LogP contribution < -0.4 is 11.1 Å². The van der Waals surface area contributed by atoms with Crippen LogP contribution in [0, 0.1) is 12.7 Å². The fourth-order valence-electron chi connectivity index (χ4n) is 4.88. The van der Waals surface area contributed by atoms with Gasteiger partial charge in [-0.05, 0) is 49.5 Å². The zero-order valence-corrected chi connectivity index (χ0v) is 19.2. The topological polar surface area (TPSA) is 115 Å². The summed E-state index contributed by atoms with van der Waals surface area (Å²) in [6, 6.07) is 1.09. The SMILES string of the molecule is CCc1c(C)c(F)cc2nc3c(c(C(C)N)c12)CN/C3=C\C1=C(C=O)COC(=O)C1(O)CC. The molecule has 8 heteroatoms. The molecule has 7 nitrogen and oxygen atoms in total. The molecule has 0 spiro atoms. The molecule has 4 rings (SSSR count). The summed E-state index contributed by atoms with van der Waals surface area (Å²) in [6.07, 6.45) is 2.84. The summed E-state index contributed by atoms with van der Waals surface area (Å²) in [5.74, 6) is -1.13. The number of aliphatic hydroxyl groups is 1. The number of halogens is 1. The number of pyridine rings is 1. The molecule has 1 aromatic carbocycles. The smallest absolute Gasteiger partial charge is 0.343 e. The lowest BCUT2D eigenvalue weighted by atomic mass is 9.84. The molecule has 0 saturated heterocycles. The quantitative estimate of drug-likeness (QED) is 0.471. The Hall–Kier alpha value is -3.10. The van der Waals surface area contributed by atoms with Crippen LogP contribution in [0.15, 0.2) is 23.3 Å². The molecule has 0 bridgehead atoms. The molecule has 3 heterocycles. The number of hydrogen-bond donors (Lipinski definition) is 3. The van der Waals surface area contributed by atoms with Crippen molar-refractivity contribution in [3.8, 4) is 0 Å². The highest BCUT2D eigenvalue weighted by Crippen LogP contribution is 2.39. The Morgan fingerprint density at radius 2 is 2.15 bits per heavy atom. The largest absolute Gasteiger partial charge is 0.458 e. The van der Waals surface area contributed by atoms with Crippen LogP contribution >= 0.6 is 0 Å². The number of nitrogens with two attached hydrogens (primary N) is 1. The first-order chi connectivity index (χ1) is 15.7. The first kappa shape index (κ1) is 23.1. The Balaban J connectivity index is 2.01. The number of ether oxygens (including phenoxy) is 1. The third kappa shape index (κ3) is 3.45. The van der Waals surface area contributed by atoms with E-state index in [0.29, 0.717) is 41.7 Å². The van der Waals surface area contributed by atoms with Crippen molar-refractivity contribution in [2.24, 2.45) is 5.73 Å². The molecule has 0 amide bonds. The number of esters is 1. The summed E-state index contributed by atoms with van der Waals surface area (Å²) in [7, 11) is 0. The second-order valence-electron chi connectivity index (χ2n) is 8.61. The number of benzene rings is 1. The van der Waals surface area contributed by atoms with Crippen molar-refractivity contribution in [2.45, 2.75) is 58.7 Å². The van der Waals surface area contributed by atoms with E-state index in [4.69, 9.17) is 15.5 Å². The zero-order valence-electron chi connectivity index (χ0n) is 19.2. The van der Waals surface area contributed by atoms with Crippen molar-refractivity contribution in [1.29, 1.82) is 0 Å². The zero-order chi connectivity index (χ0) is 24.1. The standard InChI is InChI=1S/C25H28FN3O4/c1-5-15-12(3)18(26)8-19-22(15)21(13(4)27)16-9-28-20(23(16)29-19)7-17-14(10-30)11-33-24(31)25(17,32)6-2/h7-8,10,13,28,32H,5-6,9,11,27H2,1-4H3/b20-7-. The van der Waals surface area contributed by atoms with Crippen molar-refractivity contribution < 1.29 is 23.8 Å². The van der Waals surface area contributed by atoms with Crippen molar-refractivity contribution >= 4 is 28.9 Å². The van der Waals surface area contributed by atoms with Gasteiger partial charge < -0.3 is 20.9 Å². The number of fused-ring (bicyclic) bond motifs is 2. The summed E-state index contributed by atoms with van der Waals surface area (Å²) in [4.78, 5) is 28.8. The number of aldehydes is 1. The minimum Gasteiger partial charge on any atom is -0.458 e. The second kappa shape index (κ2) is 8.35. The summed E-state index contributed by atoms with van der Waals surface area (Å²) in [5, 5.41) is 15.1. The van der Waals surface area contributed by atoms with Crippen molar-refractivity contribution in [3.63, 3.8) is 0 Å². The minimum atomic E-state index is -1.94. The molecular formula is C25H28FN3O4. The highest BCUT2D eigenvalue weighted by molar-refractivity contribution is 5.94. The van der Waals surface area contributed by atoms with E-state index in [9.17, 15) is 19.1 Å². The van der Waals surface area contributed by atoms with Crippen LogP contribution in [-0.4, -0.2) is 34.6 Å². The van der Waals surface area contributed by atoms with Crippen LogP contribution in [0.5, 0.6) is 0 Å². The Morgan fingerprint density at radius 1 is 1.42 bits per heavy atom. The van der Waals surface area contributed by atoms with Crippen LogP contribution in [0.2, 0.25) is 0 Å². The second-order valence-corrected chi connectivity index (χ2v) is 8.61. The van der Waals surface area contributed by atoms with Gasteiger partial charge in [0.05, 0.1) is 16.9 Å². The van der Waals surface area contributed by atoms with Crippen molar-refractivity contribution in [1.82, 2.24) is 10.3 Å². The molecule has 0 saturated carbocycles. The maximum atomic E-state index is 14.7. The highest BCUT2D eigenvalue weighted by atomic mass is 19.1. The third-order valence-electron chi connectivity index (χ3n) is 6.70. The first-order valence-corrected chi connectivity index (χ1v) is 11.1. The molecule has 0 fully saturated rings. The fraction of sp³-hybridized carbons (Fsp3) is 0.400. The average molecular weight is 454 g/mol. The summed E-state index contributed by atoms with van der Waals surface area (Å²) >= 11 is 0. The van der Waals surface area contributed by atoms with Gasteiger partial charge in [0.25, 0.3) is 0 Å². The van der Waals surface area contributed by atoms with Gasteiger partial charge >= 0.3 is 5.97 Å². The van der Waals surface area contributed by atoms with E-state index in [-0.39, 0.29) is 36.0 Å². The van der Waals surface area contributed by atoms with Gasteiger partial charge in [-0.25, -0.2) is 14.2 Å². The maximum absolute atomic E-state index is 14.7.